The molecule has 10 nitrogen and oxygen atoms in total. The molecule has 0 saturated carbocycles. The Labute approximate surface area is 152 Å². The second kappa shape index (κ2) is 10.2. The molecule has 0 aliphatic heterocycles. The Morgan fingerprint density at radius 2 is 2.12 bits per heavy atom. The highest BCUT2D eigenvalue weighted by Gasteiger charge is 2.08. The standard InChI is InChI=1S/C16H26N8O2/c1-2-3-4-5-9-23-11-8-18-15(23)22-21-13-12-20-24(14(13)17)10-6-7-19-16(25)26/h8,11-12,19H,2-7,9-10,17H2,1H3,(H,25,26)/b22-21+. The average molecular weight is 362 g/mol. The Kier molecular flexibility index (Phi) is 7.59. The molecule has 1 amide bonds. The van der Waals surface area contributed by atoms with E-state index in [0.717, 1.165) is 13.0 Å². The third-order valence-electron chi connectivity index (χ3n) is 3.88. The van der Waals surface area contributed by atoms with Gasteiger partial charge in [-0.2, -0.15) is 5.10 Å². The van der Waals surface area contributed by atoms with Crippen molar-refractivity contribution in [3.05, 3.63) is 18.6 Å². The van der Waals surface area contributed by atoms with E-state index in [2.05, 4.69) is 32.6 Å². The summed E-state index contributed by atoms with van der Waals surface area (Å²) in [4.78, 5) is 14.6. The van der Waals surface area contributed by atoms with Crippen molar-refractivity contribution in [3.63, 3.8) is 0 Å². The number of nitrogens with two attached hydrogens (primary N) is 1. The Hall–Kier alpha value is -2.91. The number of unbranched alkanes of at least 4 members (excludes halogenated alkanes) is 3. The van der Waals surface area contributed by atoms with Crippen molar-refractivity contribution in [3.8, 4) is 0 Å². The van der Waals surface area contributed by atoms with Gasteiger partial charge in [0.1, 0.15) is 11.5 Å². The predicted molar refractivity (Wildman–Crippen MR) is 97.8 cm³/mol. The number of anilines is 1. The molecular formula is C16H26N8O2. The van der Waals surface area contributed by atoms with Crippen LogP contribution < -0.4 is 11.1 Å². The number of imidazole rings is 1. The van der Waals surface area contributed by atoms with Crippen LogP contribution in [0.25, 0.3) is 0 Å². The summed E-state index contributed by atoms with van der Waals surface area (Å²) in [5.41, 5.74) is 6.49. The smallest absolute Gasteiger partial charge is 0.404 e. The van der Waals surface area contributed by atoms with Gasteiger partial charge in [-0.05, 0) is 12.8 Å². The first-order valence-electron chi connectivity index (χ1n) is 8.82. The van der Waals surface area contributed by atoms with Gasteiger partial charge < -0.3 is 20.7 Å². The minimum atomic E-state index is -1.04. The second-order valence-electron chi connectivity index (χ2n) is 5.90. The van der Waals surface area contributed by atoms with Gasteiger partial charge in [0, 0.05) is 32.0 Å². The summed E-state index contributed by atoms with van der Waals surface area (Å²) < 4.78 is 3.55. The monoisotopic (exact) mass is 362 g/mol. The summed E-state index contributed by atoms with van der Waals surface area (Å²) in [7, 11) is 0. The molecule has 0 aliphatic carbocycles. The molecule has 0 aromatic carbocycles. The molecule has 0 bridgehead atoms. The van der Waals surface area contributed by atoms with Gasteiger partial charge in [-0.1, -0.05) is 26.2 Å². The van der Waals surface area contributed by atoms with Gasteiger partial charge in [0.15, 0.2) is 0 Å². The van der Waals surface area contributed by atoms with Crippen LogP contribution in [0.1, 0.15) is 39.0 Å². The molecule has 2 aromatic heterocycles. The number of carboxylic acid groups (broad SMARTS) is 1. The zero-order valence-corrected chi connectivity index (χ0v) is 15.0. The number of carbonyl (C=O) groups is 1. The highest BCUT2D eigenvalue weighted by atomic mass is 16.4. The number of rotatable bonds is 11. The average Bonchev–Trinajstić information content (AvgIpc) is 3.20. The lowest BCUT2D eigenvalue weighted by Gasteiger charge is -2.04. The van der Waals surface area contributed by atoms with Gasteiger partial charge in [-0.15, -0.1) is 10.2 Å². The quantitative estimate of drug-likeness (QED) is 0.416. The van der Waals surface area contributed by atoms with Gasteiger partial charge in [0.2, 0.25) is 5.95 Å². The van der Waals surface area contributed by atoms with E-state index < -0.39 is 6.09 Å². The Morgan fingerprint density at radius 3 is 2.88 bits per heavy atom. The summed E-state index contributed by atoms with van der Waals surface area (Å²) in [6, 6.07) is 0. The first kappa shape index (κ1) is 19.4. The topological polar surface area (TPSA) is 136 Å². The van der Waals surface area contributed by atoms with Crippen molar-refractivity contribution in [1.82, 2.24) is 24.6 Å². The maximum absolute atomic E-state index is 10.4. The molecule has 4 N–H and O–H groups in total. The zero-order chi connectivity index (χ0) is 18.8. The molecule has 0 radical (unpaired) electrons. The molecule has 0 spiro atoms. The van der Waals surface area contributed by atoms with Crippen LogP contribution in [-0.4, -0.2) is 37.1 Å². The van der Waals surface area contributed by atoms with Crippen molar-refractivity contribution in [2.75, 3.05) is 12.3 Å². The second-order valence-corrected chi connectivity index (χ2v) is 5.90. The fourth-order valence-corrected chi connectivity index (χ4v) is 2.45. The van der Waals surface area contributed by atoms with E-state index in [1.165, 1.54) is 25.5 Å². The highest BCUT2D eigenvalue weighted by molar-refractivity contribution is 5.64. The maximum Gasteiger partial charge on any atom is 0.404 e. The van der Waals surface area contributed by atoms with Crippen molar-refractivity contribution in [2.45, 2.75) is 52.1 Å². The van der Waals surface area contributed by atoms with Crippen LogP contribution in [0.3, 0.4) is 0 Å². The lowest BCUT2D eigenvalue weighted by Crippen LogP contribution is -2.23. The van der Waals surface area contributed by atoms with E-state index in [1.54, 1.807) is 10.9 Å². The number of azo groups is 1. The third kappa shape index (κ3) is 5.87. The van der Waals surface area contributed by atoms with E-state index >= 15 is 0 Å². The van der Waals surface area contributed by atoms with Gasteiger partial charge in [0.05, 0.1) is 6.20 Å². The SMILES string of the molecule is CCCCCCn1ccnc1/N=N/c1cnn(CCCNC(=O)O)c1N. The van der Waals surface area contributed by atoms with E-state index in [1.807, 2.05) is 10.8 Å². The van der Waals surface area contributed by atoms with Crippen molar-refractivity contribution in [1.29, 1.82) is 0 Å². The lowest BCUT2D eigenvalue weighted by atomic mass is 10.2. The number of aromatic nitrogens is 4. The molecule has 0 fully saturated rings. The van der Waals surface area contributed by atoms with Crippen LogP contribution >= 0.6 is 0 Å². The molecule has 0 saturated heterocycles. The molecule has 2 aromatic rings. The summed E-state index contributed by atoms with van der Waals surface area (Å²) in [5.74, 6) is 0.935. The minimum absolute atomic E-state index is 0.334. The molecule has 10 heteroatoms. The van der Waals surface area contributed by atoms with Crippen molar-refractivity contribution < 1.29 is 9.90 Å². The molecule has 0 unspecified atom stereocenters. The zero-order valence-electron chi connectivity index (χ0n) is 15.0. The number of nitrogens with one attached hydrogen (secondary N) is 1. The molecule has 2 rings (SSSR count). The van der Waals surface area contributed by atoms with Crippen molar-refractivity contribution >= 4 is 23.5 Å². The maximum atomic E-state index is 10.4. The van der Waals surface area contributed by atoms with E-state index in [4.69, 9.17) is 10.8 Å². The Bertz CT molecular complexity index is 722. The summed E-state index contributed by atoms with van der Waals surface area (Å²) in [5, 5.41) is 23.3. The van der Waals surface area contributed by atoms with Crippen molar-refractivity contribution in [2.24, 2.45) is 10.2 Å². The molecule has 0 atom stereocenters. The van der Waals surface area contributed by atoms with Crippen LogP contribution in [0.4, 0.5) is 22.2 Å². The van der Waals surface area contributed by atoms with E-state index in [-0.39, 0.29) is 0 Å². The number of hydrogen-bond donors (Lipinski definition) is 3. The molecule has 2 heterocycles. The normalized spacial score (nSPS) is 11.3. The van der Waals surface area contributed by atoms with E-state index in [9.17, 15) is 4.79 Å². The van der Waals surface area contributed by atoms with Gasteiger partial charge in [-0.25, -0.2) is 14.5 Å². The fraction of sp³-hybridized carbons (Fsp3) is 0.562. The number of nitrogen functional groups attached to an aromatic ring is 1. The number of hydrogen-bond acceptors (Lipinski definition) is 6. The number of amides is 1. The third-order valence-corrected chi connectivity index (χ3v) is 3.88. The summed E-state index contributed by atoms with van der Waals surface area (Å²) in [6.45, 7) is 3.87. The van der Waals surface area contributed by atoms with Gasteiger partial charge >= 0.3 is 6.09 Å². The lowest BCUT2D eigenvalue weighted by molar-refractivity contribution is 0.194. The first-order valence-corrected chi connectivity index (χ1v) is 8.82. The van der Waals surface area contributed by atoms with E-state index in [0.29, 0.717) is 37.0 Å². The molecule has 0 aliphatic rings. The van der Waals surface area contributed by atoms with Gasteiger partial charge in [0.25, 0.3) is 0 Å². The Morgan fingerprint density at radius 1 is 1.27 bits per heavy atom. The number of aryl methyl sites for hydroxylation is 2. The largest absolute Gasteiger partial charge is 0.465 e. The first-order chi connectivity index (χ1) is 12.6. The fourth-order valence-electron chi connectivity index (χ4n) is 2.45. The Balaban J connectivity index is 1.90. The predicted octanol–water partition coefficient (Wildman–Crippen LogP) is 3.32. The highest BCUT2D eigenvalue weighted by Crippen LogP contribution is 2.23. The van der Waals surface area contributed by atoms with Crippen LogP contribution in [0.5, 0.6) is 0 Å². The van der Waals surface area contributed by atoms with Gasteiger partial charge in [-0.3, -0.25) is 0 Å². The van der Waals surface area contributed by atoms with Crippen LogP contribution in [-0.2, 0) is 13.1 Å². The van der Waals surface area contributed by atoms with Crippen LogP contribution in [0.2, 0.25) is 0 Å². The molecular weight excluding hydrogens is 336 g/mol. The summed E-state index contributed by atoms with van der Waals surface area (Å²) >= 11 is 0. The summed E-state index contributed by atoms with van der Waals surface area (Å²) in [6.07, 6.45) is 9.36. The molecule has 26 heavy (non-hydrogen) atoms. The number of nitrogens with zero attached hydrogens (tertiary/aromatic N) is 6. The van der Waals surface area contributed by atoms with Crippen LogP contribution in [0.15, 0.2) is 28.8 Å². The minimum Gasteiger partial charge on any atom is -0.465 e. The van der Waals surface area contributed by atoms with Crippen LogP contribution in [0, 0.1) is 0 Å². The molecule has 142 valence electrons.